The first-order valence-electron chi connectivity index (χ1n) is 11.6. The number of carbonyl (C=O) groups excluding carboxylic acids is 3. The maximum Gasteiger partial charge on any atom is 0.255 e. The summed E-state index contributed by atoms with van der Waals surface area (Å²) in [6.45, 7) is 2.75. The monoisotopic (exact) mass is 440 g/mol. The molecule has 0 bridgehead atoms. The smallest absolute Gasteiger partial charge is 0.255 e. The zero-order chi connectivity index (χ0) is 22.5. The number of aldehydes is 1. The molecule has 0 radical (unpaired) electrons. The van der Waals surface area contributed by atoms with E-state index in [0.717, 1.165) is 57.3 Å². The first-order chi connectivity index (χ1) is 15.6. The average Bonchev–Trinajstić information content (AvgIpc) is 3.74. The Kier molecular flexibility index (Phi) is 7.14. The largest absolute Gasteiger partial charge is 0.344 e. The summed E-state index contributed by atoms with van der Waals surface area (Å²) in [4.78, 5) is 48.5. The molecule has 2 aromatic rings. The van der Waals surface area contributed by atoms with Crippen LogP contribution in [0, 0.1) is 5.92 Å². The van der Waals surface area contributed by atoms with E-state index in [4.69, 9.17) is 0 Å². The van der Waals surface area contributed by atoms with Gasteiger partial charge in [-0.2, -0.15) is 0 Å². The van der Waals surface area contributed by atoms with E-state index in [0.29, 0.717) is 40.9 Å². The number of hydrogen-bond donors (Lipinski definition) is 3. The maximum atomic E-state index is 12.4. The molecule has 5 rings (SSSR count). The highest BCUT2D eigenvalue weighted by Crippen LogP contribution is 2.39. The summed E-state index contributed by atoms with van der Waals surface area (Å²) < 4.78 is 0. The lowest BCUT2D eigenvalue weighted by molar-refractivity contribution is -0.130. The molecular formula is C23H32N6O3. The van der Waals surface area contributed by atoms with E-state index >= 15 is 0 Å². The number of aromatic amines is 1. The molecule has 3 heterocycles. The molecular weight excluding hydrogens is 408 g/mol. The standard InChI is InChI=1S/C15H16N4O2.C8H16N2O/c20-7-12(9-3-4-9)19-15(21)10-5-16-14-13(10)18-11(6-17-14)8-1-2-8;1-9-5-4-8(11)10-6-2-3-7-10/h5-9,12H,1-4H2,(H,16,17)(H,19,21);9H,2-7H2,1H3/t12-;/m0./s1. The van der Waals surface area contributed by atoms with Crippen LogP contribution < -0.4 is 10.6 Å². The van der Waals surface area contributed by atoms with Crippen molar-refractivity contribution in [1.29, 1.82) is 0 Å². The Labute approximate surface area is 187 Å². The van der Waals surface area contributed by atoms with Gasteiger partial charge in [-0.25, -0.2) is 9.97 Å². The third kappa shape index (κ3) is 5.51. The fourth-order valence-corrected chi connectivity index (χ4v) is 3.96. The van der Waals surface area contributed by atoms with Gasteiger partial charge in [0.2, 0.25) is 5.91 Å². The van der Waals surface area contributed by atoms with Crippen molar-refractivity contribution in [3.05, 3.63) is 23.7 Å². The third-order valence-electron chi connectivity index (χ3n) is 6.26. The maximum absolute atomic E-state index is 12.4. The Morgan fingerprint density at radius 1 is 1.25 bits per heavy atom. The first-order valence-corrected chi connectivity index (χ1v) is 11.6. The molecule has 32 heavy (non-hydrogen) atoms. The van der Waals surface area contributed by atoms with Crippen molar-refractivity contribution in [1.82, 2.24) is 30.5 Å². The van der Waals surface area contributed by atoms with Crippen molar-refractivity contribution < 1.29 is 14.4 Å². The summed E-state index contributed by atoms with van der Waals surface area (Å²) in [7, 11) is 1.87. The van der Waals surface area contributed by atoms with E-state index < -0.39 is 0 Å². The zero-order valence-electron chi connectivity index (χ0n) is 18.6. The number of H-pyrrole nitrogens is 1. The minimum Gasteiger partial charge on any atom is -0.344 e. The van der Waals surface area contributed by atoms with Crippen LogP contribution in [-0.2, 0) is 9.59 Å². The van der Waals surface area contributed by atoms with Crippen LogP contribution in [0.3, 0.4) is 0 Å². The molecule has 9 nitrogen and oxygen atoms in total. The van der Waals surface area contributed by atoms with Gasteiger partial charge in [-0.05, 0) is 51.5 Å². The molecule has 9 heteroatoms. The second kappa shape index (κ2) is 10.2. The summed E-state index contributed by atoms with van der Waals surface area (Å²) >= 11 is 0. The van der Waals surface area contributed by atoms with E-state index in [1.165, 1.54) is 12.8 Å². The molecule has 1 aliphatic heterocycles. The predicted molar refractivity (Wildman–Crippen MR) is 120 cm³/mol. The summed E-state index contributed by atoms with van der Waals surface area (Å²) in [6.07, 6.45) is 11.5. The predicted octanol–water partition coefficient (Wildman–Crippen LogP) is 1.76. The number of nitrogens with one attached hydrogen (secondary N) is 3. The van der Waals surface area contributed by atoms with E-state index in [9.17, 15) is 14.4 Å². The average molecular weight is 441 g/mol. The van der Waals surface area contributed by atoms with Gasteiger partial charge in [0, 0.05) is 38.2 Å². The zero-order valence-corrected chi connectivity index (χ0v) is 18.6. The molecule has 1 saturated heterocycles. The molecule has 2 aliphatic carbocycles. The van der Waals surface area contributed by atoms with Crippen LogP contribution in [-0.4, -0.2) is 70.7 Å². The summed E-state index contributed by atoms with van der Waals surface area (Å²) in [5, 5.41) is 5.77. The Morgan fingerprint density at radius 3 is 2.62 bits per heavy atom. The second-order valence-corrected chi connectivity index (χ2v) is 8.88. The fraction of sp³-hybridized carbons (Fsp3) is 0.609. The van der Waals surface area contributed by atoms with Gasteiger partial charge in [-0.3, -0.25) is 9.59 Å². The van der Waals surface area contributed by atoms with E-state index in [-0.39, 0.29) is 11.9 Å². The van der Waals surface area contributed by atoms with Crippen molar-refractivity contribution in [2.45, 2.75) is 56.9 Å². The van der Waals surface area contributed by atoms with Gasteiger partial charge in [0.15, 0.2) is 5.65 Å². The lowest BCUT2D eigenvalue weighted by Crippen LogP contribution is -2.37. The Bertz CT molecular complexity index is 960. The van der Waals surface area contributed by atoms with Crippen LogP contribution in [0.5, 0.6) is 0 Å². The summed E-state index contributed by atoms with van der Waals surface area (Å²) in [5.41, 5.74) is 2.62. The number of amides is 2. The van der Waals surface area contributed by atoms with E-state index in [1.807, 2.05) is 11.9 Å². The molecule has 0 spiro atoms. The molecule has 0 aromatic carbocycles. The van der Waals surface area contributed by atoms with E-state index in [1.54, 1.807) is 12.4 Å². The molecule has 172 valence electrons. The molecule has 2 aromatic heterocycles. The number of likely N-dealkylation sites (tertiary alicyclic amines) is 1. The van der Waals surface area contributed by atoms with Crippen LogP contribution in [0.4, 0.5) is 0 Å². The van der Waals surface area contributed by atoms with Crippen molar-refractivity contribution in [2.75, 3.05) is 26.7 Å². The fourth-order valence-electron chi connectivity index (χ4n) is 3.96. The highest BCUT2D eigenvalue weighted by molar-refractivity contribution is 6.05. The minimum absolute atomic E-state index is 0.257. The normalized spacial score (nSPS) is 18.7. The number of rotatable bonds is 8. The van der Waals surface area contributed by atoms with Crippen molar-refractivity contribution in [3.8, 4) is 0 Å². The number of carbonyl (C=O) groups is 3. The van der Waals surface area contributed by atoms with Gasteiger partial charge in [-0.1, -0.05) is 0 Å². The minimum atomic E-state index is -0.387. The summed E-state index contributed by atoms with van der Waals surface area (Å²) in [5.74, 6) is 0.830. The molecule has 3 aliphatic rings. The van der Waals surface area contributed by atoms with Gasteiger partial charge in [0.1, 0.15) is 11.8 Å². The Morgan fingerprint density at radius 2 is 2.00 bits per heavy atom. The van der Waals surface area contributed by atoms with Crippen molar-refractivity contribution in [3.63, 3.8) is 0 Å². The van der Waals surface area contributed by atoms with Crippen LogP contribution in [0.15, 0.2) is 12.4 Å². The van der Waals surface area contributed by atoms with Gasteiger partial charge in [0.25, 0.3) is 5.91 Å². The summed E-state index contributed by atoms with van der Waals surface area (Å²) in [6, 6.07) is -0.387. The van der Waals surface area contributed by atoms with Crippen LogP contribution >= 0.6 is 0 Å². The van der Waals surface area contributed by atoms with Crippen LogP contribution in [0.2, 0.25) is 0 Å². The van der Waals surface area contributed by atoms with Gasteiger partial charge >= 0.3 is 0 Å². The topological polar surface area (TPSA) is 120 Å². The van der Waals surface area contributed by atoms with Gasteiger partial charge in [-0.15, -0.1) is 0 Å². The van der Waals surface area contributed by atoms with Crippen LogP contribution in [0.25, 0.3) is 11.2 Å². The Hall–Kier alpha value is -2.81. The van der Waals surface area contributed by atoms with Crippen molar-refractivity contribution >= 4 is 29.3 Å². The van der Waals surface area contributed by atoms with Crippen LogP contribution in [0.1, 0.15) is 66.9 Å². The highest BCUT2D eigenvalue weighted by Gasteiger charge is 2.33. The molecule has 2 amide bonds. The quantitative estimate of drug-likeness (QED) is 0.538. The lowest BCUT2D eigenvalue weighted by atomic mass is 10.2. The second-order valence-electron chi connectivity index (χ2n) is 8.88. The number of aromatic nitrogens is 3. The molecule has 2 saturated carbocycles. The number of fused-ring (bicyclic) bond motifs is 1. The van der Waals surface area contributed by atoms with Gasteiger partial charge < -0.3 is 25.3 Å². The molecule has 1 atom stereocenters. The molecule has 0 unspecified atom stereocenters. The lowest BCUT2D eigenvalue weighted by Gasteiger charge is -2.14. The number of nitrogens with zero attached hydrogens (tertiary/aromatic N) is 3. The highest BCUT2D eigenvalue weighted by atomic mass is 16.2. The molecule has 3 fully saturated rings. The van der Waals surface area contributed by atoms with E-state index in [2.05, 4.69) is 25.6 Å². The van der Waals surface area contributed by atoms with Crippen molar-refractivity contribution in [2.24, 2.45) is 5.92 Å². The third-order valence-corrected chi connectivity index (χ3v) is 6.26. The molecule has 3 N–H and O–H groups in total. The SMILES string of the molecule is CNCCC(=O)N1CCCC1.O=C[C@H](NC(=O)c1c[nH]c2ncc(C3CC3)nc12)C1CC1. The first kappa shape index (κ1) is 22.4. The Balaban J connectivity index is 0.000000189. The number of hydrogen-bond acceptors (Lipinski definition) is 6. The van der Waals surface area contributed by atoms with Gasteiger partial charge in [0.05, 0.1) is 23.5 Å².